The molecule has 2 aliphatic heterocycles. The molecule has 3 amide bonds. The number of aromatic nitrogens is 1. The van der Waals surface area contributed by atoms with E-state index >= 15 is 0 Å². The number of benzene rings is 1. The first-order valence-corrected chi connectivity index (χ1v) is 13.3. The molecule has 1 aromatic heterocycles. The van der Waals surface area contributed by atoms with Gasteiger partial charge in [-0.05, 0) is 11.6 Å². The summed E-state index contributed by atoms with van der Waals surface area (Å²) in [4.78, 5) is 39.3. The summed E-state index contributed by atoms with van der Waals surface area (Å²) in [7, 11) is 0. The van der Waals surface area contributed by atoms with E-state index in [-0.39, 0.29) is 52.6 Å². The largest absolute Gasteiger partial charge is 1.00 e. The molecule has 1 saturated heterocycles. The second kappa shape index (κ2) is 12.8. The Morgan fingerprint density at radius 2 is 1.89 bits per heavy atom. The highest BCUT2D eigenvalue weighted by Crippen LogP contribution is 2.36. The average Bonchev–Trinajstić information content (AvgIpc) is 2.83. The lowest BCUT2D eigenvalue weighted by molar-refractivity contribution is -0.696. The molecule has 0 unspecified atom stereocenters. The third-order valence-electron chi connectivity index (χ3n) is 5.78. The molecule has 2 aromatic rings. The van der Waals surface area contributed by atoms with Gasteiger partial charge in [0.2, 0.25) is 5.91 Å². The third kappa shape index (κ3) is 7.40. The molecule has 13 heteroatoms. The molecule has 0 aliphatic carbocycles. The number of aliphatic hydroxyl groups is 1. The van der Waals surface area contributed by atoms with Crippen molar-refractivity contribution in [3.63, 3.8) is 0 Å². The molecule has 1 aromatic carbocycles. The quantitative estimate of drug-likeness (QED) is 0.149. The Kier molecular flexibility index (Phi) is 10.3. The van der Waals surface area contributed by atoms with Gasteiger partial charge in [0.15, 0.2) is 22.2 Å². The van der Waals surface area contributed by atoms with Crippen LogP contribution in [0.25, 0.3) is 0 Å². The molecule has 0 bridgehead atoms. The van der Waals surface area contributed by atoms with Gasteiger partial charge in [0.25, 0.3) is 11.8 Å². The monoisotopic (exact) mass is 648 g/mol. The van der Waals surface area contributed by atoms with E-state index in [1.54, 1.807) is 45.8 Å². The summed E-state index contributed by atoms with van der Waals surface area (Å²) in [6.45, 7) is -0.158. The number of fused-ring (bicyclic) bond motifs is 1. The normalized spacial score (nSPS) is 18.6. The first kappa shape index (κ1) is 29.7. The molecule has 8 nitrogen and oxygen atoms in total. The van der Waals surface area contributed by atoms with Crippen LogP contribution >= 0.6 is 46.6 Å². The van der Waals surface area contributed by atoms with Crippen molar-refractivity contribution in [1.82, 2.24) is 15.5 Å². The van der Waals surface area contributed by atoms with Crippen molar-refractivity contribution in [2.45, 2.75) is 34.6 Å². The maximum Gasteiger partial charge on any atom is 0.259 e. The summed E-state index contributed by atoms with van der Waals surface area (Å²) < 4.78 is 0.154. The van der Waals surface area contributed by atoms with E-state index in [1.165, 1.54) is 0 Å². The van der Waals surface area contributed by atoms with Crippen molar-refractivity contribution in [1.29, 1.82) is 0 Å². The number of pyridine rings is 1. The van der Waals surface area contributed by atoms with E-state index in [1.807, 2.05) is 30.3 Å². The van der Waals surface area contributed by atoms with Gasteiger partial charge in [0.1, 0.15) is 23.7 Å². The standard InChI is InChI=1S/C24H23Cl3N4O4S.BrH/c25-24(26,27)10-18-17(21(34)28-14-32)7-4-8-30(18)11-16-12-31-22(35)20(23(31)36-13-16)29-19(33)9-15-5-2-1-3-6-15;/h1-8,12,20,23,32H,9-11,13-14H2,(H-,28,29,33,34);1H/t20-,23-;/m1./s1. The molecule has 3 N–H and O–H groups in total. The number of carbonyl (C=O) groups excluding carboxylic acids is 3. The Labute approximate surface area is 244 Å². The SMILES string of the molecule is O=C(Cc1ccccc1)N[C@@H]1C(=O)N2C=C(C[n+]3cccc(C(=O)NCO)c3CC(Cl)(Cl)Cl)CS[C@H]12.[Br-]. The van der Waals surface area contributed by atoms with E-state index < -0.39 is 22.5 Å². The molecule has 2 atom stereocenters. The second-order valence-electron chi connectivity index (χ2n) is 8.39. The minimum Gasteiger partial charge on any atom is -1.00 e. The lowest BCUT2D eigenvalue weighted by Crippen LogP contribution is -3.00. The van der Waals surface area contributed by atoms with Gasteiger partial charge in [-0.1, -0.05) is 65.1 Å². The van der Waals surface area contributed by atoms with Gasteiger partial charge < -0.3 is 37.6 Å². The lowest BCUT2D eigenvalue weighted by Gasteiger charge is -2.47. The predicted octanol–water partition coefficient (Wildman–Crippen LogP) is -0.903. The second-order valence-corrected chi connectivity index (χ2v) is 12.0. The molecule has 2 aliphatic rings. The molecule has 3 heterocycles. The van der Waals surface area contributed by atoms with Crippen molar-refractivity contribution in [2.75, 3.05) is 12.5 Å². The maximum absolute atomic E-state index is 12.8. The smallest absolute Gasteiger partial charge is 0.259 e. The molecular weight excluding hydrogens is 627 g/mol. The highest BCUT2D eigenvalue weighted by molar-refractivity contribution is 8.00. The van der Waals surface area contributed by atoms with Gasteiger partial charge in [-0.15, -0.1) is 11.8 Å². The number of hydrogen-bond acceptors (Lipinski definition) is 5. The Balaban J connectivity index is 0.00000380. The molecule has 4 rings (SSSR count). The summed E-state index contributed by atoms with van der Waals surface area (Å²) in [6, 6.07) is 12.1. The Bertz CT molecular complexity index is 1200. The topological polar surface area (TPSA) is 103 Å². The van der Waals surface area contributed by atoms with Gasteiger partial charge >= 0.3 is 0 Å². The van der Waals surface area contributed by atoms with Crippen LogP contribution < -0.4 is 32.2 Å². The summed E-state index contributed by atoms with van der Waals surface area (Å²) in [5.74, 6) is -0.240. The summed E-state index contributed by atoms with van der Waals surface area (Å²) >= 11 is 19.7. The number of aliphatic hydroxyl groups excluding tert-OH is 1. The number of β-lactam (4-membered cyclic amide) rings is 1. The number of nitrogens with one attached hydrogen (secondary N) is 2. The molecule has 198 valence electrons. The molecule has 0 spiro atoms. The molecular formula is C24H24BrCl3N4O4S. The minimum absolute atomic E-state index is 0. The maximum atomic E-state index is 12.8. The summed E-state index contributed by atoms with van der Waals surface area (Å²) in [6.07, 6.45) is 3.74. The summed E-state index contributed by atoms with van der Waals surface area (Å²) in [5.41, 5.74) is 2.57. The van der Waals surface area contributed by atoms with Crippen LogP contribution in [0.3, 0.4) is 0 Å². The number of hydrogen-bond donors (Lipinski definition) is 3. The van der Waals surface area contributed by atoms with Crippen LogP contribution in [0.1, 0.15) is 21.6 Å². The average molecular weight is 651 g/mol. The zero-order valence-electron chi connectivity index (χ0n) is 19.4. The van der Waals surface area contributed by atoms with Crippen LogP contribution in [0.5, 0.6) is 0 Å². The van der Waals surface area contributed by atoms with Crippen molar-refractivity contribution in [3.05, 3.63) is 77.3 Å². The van der Waals surface area contributed by atoms with Crippen molar-refractivity contribution in [2.24, 2.45) is 0 Å². The van der Waals surface area contributed by atoms with Gasteiger partial charge in [-0.2, -0.15) is 4.57 Å². The fourth-order valence-corrected chi connectivity index (χ4v) is 5.80. The zero-order chi connectivity index (χ0) is 25.9. The number of thioether (sulfide) groups is 1. The van der Waals surface area contributed by atoms with E-state index in [9.17, 15) is 14.4 Å². The van der Waals surface area contributed by atoms with Crippen LogP contribution in [0.2, 0.25) is 0 Å². The fraction of sp³-hybridized carbons (Fsp3) is 0.333. The first-order valence-electron chi connectivity index (χ1n) is 11.1. The van der Waals surface area contributed by atoms with Crippen molar-refractivity contribution >= 4 is 64.3 Å². The Morgan fingerprint density at radius 1 is 1.16 bits per heavy atom. The molecule has 0 saturated carbocycles. The molecule has 1 fully saturated rings. The van der Waals surface area contributed by atoms with Crippen molar-refractivity contribution < 1.29 is 41.0 Å². The van der Waals surface area contributed by atoms with Gasteiger partial charge in [-0.3, -0.25) is 14.4 Å². The van der Waals surface area contributed by atoms with Crippen LogP contribution in [-0.4, -0.2) is 55.4 Å². The number of alkyl halides is 3. The minimum atomic E-state index is -1.64. The van der Waals surface area contributed by atoms with Crippen LogP contribution in [0.15, 0.2) is 60.4 Å². The van der Waals surface area contributed by atoms with E-state index in [2.05, 4.69) is 10.6 Å². The highest BCUT2D eigenvalue weighted by Gasteiger charge is 2.49. The number of halogens is 4. The lowest BCUT2D eigenvalue weighted by atomic mass is 10.1. The number of nitrogens with zero attached hydrogens (tertiary/aromatic N) is 2. The van der Waals surface area contributed by atoms with Crippen LogP contribution in [0, 0.1) is 0 Å². The van der Waals surface area contributed by atoms with Gasteiger partial charge in [0.05, 0.1) is 12.8 Å². The van der Waals surface area contributed by atoms with Crippen LogP contribution in [-0.2, 0) is 29.0 Å². The number of carbonyl (C=O) groups is 3. The van der Waals surface area contributed by atoms with E-state index in [0.29, 0.717) is 18.0 Å². The van der Waals surface area contributed by atoms with E-state index in [0.717, 1.165) is 11.1 Å². The number of rotatable bonds is 8. The highest BCUT2D eigenvalue weighted by atomic mass is 79.9. The molecule has 0 radical (unpaired) electrons. The predicted molar refractivity (Wildman–Crippen MR) is 138 cm³/mol. The van der Waals surface area contributed by atoms with Gasteiger partial charge in [-0.25, -0.2) is 0 Å². The van der Waals surface area contributed by atoms with Crippen LogP contribution in [0.4, 0.5) is 0 Å². The zero-order valence-corrected chi connectivity index (χ0v) is 24.0. The fourth-order valence-electron chi connectivity index (χ4n) is 4.16. The van der Waals surface area contributed by atoms with Gasteiger partial charge in [0, 0.05) is 23.6 Å². The first-order chi connectivity index (χ1) is 17.2. The summed E-state index contributed by atoms with van der Waals surface area (Å²) in [5, 5.41) is 14.1. The Hall–Kier alpha value is -1.82. The molecule has 37 heavy (non-hydrogen) atoms. The third-order valence-corrected chi connectivity index (χ3v) is 7.56. The Morgan fingerprint density at radius 3 is 2.57 bits per heavy atom. The number of amides is 3. The van der Waals surface area contributed by atoms with Crippen molar-refractivity contribution in [3.8, 4) is 0 Å². The van der Waals surface area contributed by atoms with E-state index in [4.69, 9.17) is 39.9 Å².